The molecule has 0 bridgehead atoms. The van der Waals surface area contributed by atoms with E-state index in [4.69, 9.17) is 5.11 Å². The molecule has 0 aromatic heterocycles. The van der Waals surface area contributed by atoms with E-state index in [1.165, 1.54) is 4.31 Å². The molecule has 118 valence electrons. The molecule has 1 rings (SSSR count). The third-order valence-corrected chi connectivity index (χ3v) is 5.78. The number of carbonyl (C=O) groups is 1. The molecule has 1 aliphatic heterocycles. The third kappa shape index (κ3) is 3.91. The number of aliphatic hydroxyl groups is 1. The van der Waals surface area contributed by atoms with Crippen molar-refractivity contribution in [2.24, 2.45) is 5.92 Å². The van der Waals surface area contributed by atoms with Gasteiger partial charge in [0.15, 0.2) is 0 Å². The number of nitrogens with zero attached hydrogens (tertiary/aromatic N) is 1. The van der Waals surface area contributed by atoms with Crippen LogP contribution in [0.4, 0.5) is 0 Å². The first kappa shape index (κ1) is 17.4. The Kier molecular flexibility index (Phi) is 5.93. The molecule has 0 amide bonds. The maximum absolute atomic E-state index is 12.4. The number of aliphatic hydroxyl groups excluding tert-OH is 1. The predicted molar refractivity (Wildman–Crippen MR) is 74.4 cm³/mol. The van der Waals surface area contributed by atoms with Gasteiger partial charge in [0.1, 0.15) is 0 Å². The molecule has 0 saturated carbocycles. The second kappa shape index (κ2) is 6.84. The van der Waals surface area contributed by atoms with E-state index in [0.29, 0.717) is 32.2 Å². The largest absolute Gasteiger partial charge is 0.481 e. The van der Waals surface area contributed by atoms with Crippen LogP contribution in [0.2, 0.25) is 0 Å². The Morgan fingerprint density at radius 1 is 1.40 bits per heavy atom. The SMILES string of the molecule is CCC(CC)(CO)NS(=O)(=O)N1CCCC(C(=O)O)C1. The zero-order chi connectivity index (χ0) is 15.4. The van der Waals surface area contributed by atoms with Crippen molar-refractivity contribution in [3.05, 3.63) is 0 Å². The molecule has 1 atom stereocenters. The predicted octanol–water partition coefficient (Wildman–Crippen LogP) is 0.169. The standard InChI is InChI=1S/C12H24N2O5S/c1-3-12(4-2,9-15)13-20(18,19)14-7-5-6-10(8-14)11(16)17/h10,13,15H,3-9H2,1-2H3,(H,16,17). The fraction of sp³-hybridized carbons (Fsp3) is 0.917. The highest BCUT2D eigenvalue weighted by atomic mass is 32.2. The quantitative estimate of drug-likeness (QED) is 0.621. The van der Waals surface area contributed by atoms with E-state index in [1.54, 1.807) is 13.8 Å². The monoisotopic (exact) mass is 308 g/mol. The molecule has 0 aromatic rings. The first-order chi connectivity index (χ1) is 9.30. The summed E-state index contributed by atoms with van der Waals surface area (Å²) in [5.74, 6) is -1.63. The Labute approximate surface area is 120 Å². The molecule has 1 aliphatic rings. The van der Waals surface area contributed by atoms with Gasteiger partial charge in [0, 0.05) is 13.1 Å². The maximum Gasteiger partial charge on any atom is 0.307 e. The number of rotatable bonds is 7. The molecule has 0 aromatic carbocycles. The lowest BCUT2D eigenvalue weighted by Crippen LogP contribution is -2.56. The normalized spacial score (nSPS) is 21.9. The van der Waals surface area contributed by atoms with E-state index < -0.39 is 27.6 Å². The van der Waals surface area contributed by atoms with Crippen molar-refractivity contribution in [3.8, 4) is 0 Å². The van der Waals surface area contributed by atoms with Gasteiger partial charge >= 0.3 is 5.97 Å². The summed E-state index contributed by atoms with van der Waals surface area (Å²) >= 11 is 0. The second-order valence-electron chi connectivity index (χ2n) is 5.29. The number of carboxylic acid groups (broad SMARTS) is 1. The van der Waals surface area contributed by atoms with Crippen LogP contribution >= 0.6 is 0 Å². The molecule has 1 saturated heterocycles. The minimum Gasteiger partial charge on any atom is -0.481 e. The van der Waals surface area contributed by atoms with Crippen LogP contribution in [-0.2, 0) is 15.0 Å². The van der Waals surface area contributed by atoms with Crippen LogP contribution < -0.4 is 4.72 Å². The number of hydrogen-bond donors (Lipinski definition) is 3. The van der Waals surface area contributed by atoms with E-state index in [2.05, 4.69) is 4.72 Å². The minimum absolute atomic E-state index is 0.0143. The fourth-order valence-corrected chi connectivity index (χ4v) is 4.13. The summed E-state index contributed by atoms with van der Waals surface area (Å²) in [7, 11) is -3.78. The number of piperidine rings is 1. The molecule has 20 heavy (non-hydrogen) atoms. The molecule has 0 radical (unpaired) electrons. The average Bonchev–Trinajstić information content (AvgIpc) is 2.45. The van der Waals surface area contributed by atoms with E-state index in [0.717, 1.165) is 0 Å². The lowest BCUT2D eigenvalue weighted by atomic mass is 9.96. The van der Waals surface area contributed by atoms with Crippen molar-refractivity contribution in [1.82, 2.24) is 9.03 Å². The Balaban J connectivity index is 2.85. The summed E-state index contributed by atoms with van der Waals surface area (Å²) in [6.07, 6.45) is 1.96. The number of aliphatic carboxylic acids is 1. The van der Waals surface area contributed by atoms with Gasteiger partial charge in [-0.2, -0.15) is 17.4 Å². The zero-order valence-electron chi connectivity index (χ0n) is 12.0. The topological polar surface area (TPSA) is 107 Å². The van der Waals surface area contributed by atoms with Crippen LogP contribution in [-0.4, -0.2) is 54.1 Å². The van der Waals surface area contributed by atoms with Crippen molar-refractivity contribution in [1.29, 1.82) is 0 Å². The number of nitrogens with one attached hydrogen (secondary N) is 1. The average molecular weight is 308 g/mol. The Morgan fingerprint density at radius 2 is 2.00 bits per heavy atom. The van der Waals surface area contributed by atoms with Gasteiger partial charge in [0.05, 0.1) is 18.1 Å². The zero-order valence-corrected chi connectivity index (χ0v) is 12.8. The van der Waals surface area contributed by atoms with E-state index >= 15 is 0 Å². The van der Waals surface area contributed by atoms with Crippen molar-refractivity contribution in [2.75, 3.05) is 19.7 Å². The molecule has 1 unspecified atom stereocenters. The molecule has 0 aliphatic carbocycles. The Bertz CT molecular complexity index is 425. The van der Waals surface area contributed by atoms with Crippen molar-refractivity contribution >= 4 is 16.2 Å². The van der Waals surface area contributed by atoms with Crippen molar-refractivity contribution < 1.29 is 23.4 Å². The van der Waals surface area contributed by atoms with Gasteiger partial charge in [-0.25, -0.2) is 0 Å². The van der Waals surface area contributed by atoms with E-state index in [9.17, 15) is 18.3 Å². The highest BCUT2D eigenvalue weighted by molar-refractivity contribution is 7.87. The molecular weight excluding hydrogens is 284 g/mol. The van der Waals surface area contributed by atoms with Crippen LogP contribution in [0.1, 0.15) is 39.5 Å². The summed E-state index contributed by atoms with van der Waals surface area (Å²) < 4.78 is 28.4. The lowest BCUT2D eigenvalue weighted by Gasteiger charge is -2.36. The lowest BCUT2D eigenvalue weighted by molar-refractivity contribution is -0.142. The first-order valence-corrected chi connectivity index (χ1v) is 8.37. The minimum atomic E-state index is -3.78. The van der Waals surface area contributed by atoms with Crippen LogP contribution in [0.5, 0.6) is 0 Å². The van der Waals surface area contributed by atoms with E-state index in [-0.39, 0.29) is 13.2 Å². The smallest absolute Gasteiger partial charge is 0.307 e. The van der Waals surface area contributed by atoms with Gasteiger partial charge < -0.3 is 10.2 Å². The first-order valence-electron chi connectivity index (χ1n) is 6.93. The summed E-state index contributed by atoms with van der Waals surface area (Å²) in [5.41, 5.74) is -0.880. The highest BCUT2D eigenvalue weighted by Gasteiger charge is 2.37. The molecule has 3 N–H and O–H groups in total. The number of hydrogen-bond acceptors (Lipinski definition) is 4. The molecule has 1 heterocycles. The van der Waals surface area contributed by atoms with Crippen LogP contribution in [0.3, 0.4) is 0 Å². The van der Waals surface area contributed by atoms with E-state index in [1.807, 2.05) is 0 Å². The van der Waals surface area contributed by atoms with Crippen LogP contribution in [0.15, 0.2) is 0 Å². The fourth-order valence-electron chi connectivity index (χ4n) is 2.35. The van der Waals surface area contributed by atoms with Crippen molar-refractivity contribution in [3.63, 3.8) is 0 Å². The van der Waals surface area contributed by atoms with Crippen molar-refractivity contribution in [2.45, 2.75) is 45.1 Å². The molecular formula is C12H24N2O5S. The molecule has 1 fully saturated rings. The third-order valence-electron chi connectivity index (χ3n) is 4.07. The van der Waals surface area contributed by atoms with Crippen LogP contribution in [0, 0.1) is 5.92 Å². The second-order valence-corrected chi connectivity index (χ2v) is 6.96. The van der Waals surface area contributed by atoms with Crippen LogP contribution in [0.25, 0.3) is 0 Å². The summed E-state index contributed by atoms with van der Waals surface area (Å²) in [4.78, 5) is 11.0. The Morgan fingerprint density at radius 3 is 2.45 bits per heavy atom. The van der Waals surface area contributed by atoms with Gasteiger partial charge in [-0.15, -0.1) is 0 Å². The summed E-state index contributed by atoms with van der Waals surface area (Å²) in [6, 6.07) is 0. The molecule has 7 nitrogen and oxygen atoms in total. The van der Waals surface area contributed by atoms with Gasteiger partial charge in [-0.1, -0.05) is 13.8 Å². The highest BCUT2D eigenvalue weighted by Crippen LogP contribution is 2.22. The molecule has 8 heteroatoms. The molecule has 0 spiro atoms. The van der Waals surface area contributed by atoms with Gasteiger partial charge in [-0.05, 0) is 25.7 Å². The summed E-state index contributed by atoms with van der Waals surface area (Å²) in [6.45, 7) is 3.63. The Hall–Kier alpha value is -0.700. The van der Waals surface area contributed by atoms with Gasteiger partial charge in [0.25, 0.3) is 10.2 Å². The van der Waals surface area contributed by atoms with Gasteiger partial charge in [0.2, 0.25) is 0 Å². The summed E-state index contributed by atoms with van der Waals surface area (Å²) in [5, 5.41) is 18.4. The number of carboxylic acids is 1. The maximum atomic E-state index is 12.4. The van der Waals surface area contributed by atoms with Gasteiger partial charge in [-0.3, -0.25) is 4.79 Å².